The average molecular weight is 296 g/mol. The third-order valence-corrected chi connectivity index (χ3v) is 4.47. The van der Waals surface area contributed by atoms with Gasteiger partial charge in [-0.2, -0.15) is 0 Å². The number of rotatable bonds is 5. The van der Waals surface area contributed by atoms with Gasteiger partial charge in [0.15, 0.2) is 0 Å². The van der Waals surface area contributed by atoms with Crippen molar-refractivity contribution in [3.05, 3.63) is 64.7 Å². The number of hydrogen-bond acceptors (Lipinski definition) is 2. The van der Waals surface area contributed by atoms with E-state index in [1.165, 1.54) is 22.3 Å². The quantitative estimate of drug-likeness (QED) is 0.818. The molecule has 2 heteroatoms. The molecule has 1 aliphatic carbocycles. The number of methoxy groups -OCH3 is 1. The molecule has 0 saturated heterocycles. The fraction of sp³-hybridized carbons (Fsp3) is 0.400. The fourth-order valence-electron chi connectivity index (χ4n) is 3.31. The molecule has 0 radical (unpaired) electrons. The van der Waals surface area contributed by atoms with E-state index >= 15 is 0 Å². The molecule has 3 rings (SSSR count). The van der Waals surface area contributed by atoms with Gasteiger partial charge >= 0.3 is 0 Å². The highest BCUT2D eigenvalue weighted by Gasteiger charge is 2.33. The van der Waals surface area contributed by atoms with Crippen molar-refractivity contribution < 1.29 is 9.47 Å². The van der Waals surface area contributed by atoms with Crippen molar-refractivity contribution >= 4 is 0 Å². The third-order valence-electron chi connectivity index (χ3n) is 4.47. The van der Waals surface area contributed by atoms with E-state index in [0.29, 0.717) is 6.61 Å². The van der Waals surface area contributed by atoms with Gasteiger partial charge in [0.05, 0.1) is 20.3 Å². The van der Waals surface area contributed by atoms with Gasteiger partial charge in [-0.1, -0.05) is 42.8 Å². The molecule has 0 aromatic heterocycles. The van der Waals surface area contributed by atoms with Crippen LogP contribution in [0.1, 0.15) is 29.2 Å². The molecule has 0 fully saturated rings. The summed E-state index contributed by atoms with van der Waals surface area (Å²) in [5.74, 6) is 0.886. The zero-order valence-electron chi connectivity index (χ0n) is 13.7. The van der Waals surface area contributed by atoms with Crippen LogP contribution in [0.5, 0.6) is 5.75 Å². The average Bonchev–Trinajstić information content (AvgIpc) is 2.83. The van der Waals surface area contributed by atoms with Gasteiger partial charge in [-0.25, -0.2) is 0 Å². The second-order valence-electron chi connectivity index (χ2n) is 6.78. The molecule has 22 heavy (non-hydrogen) atoms. The molecule has 0 spiro atoms. The van der Waals surface area contributed by atoms with Crippen LogP contribution in [0, 0.1) is 12.3 Å². The molecule has 0 N–H and O–H groups in total. The van der Waals surface area contributed by atoms with E-state index in [1.807, 2.05) is 12.1 Å². The van der Waals surface area contributed by atoms with Crippen molar-refractivity contribution in [3.8, 4) is 5.75 Å². The Hall–Kier alpha value is -1.80. The molecule has 0 bridgehead atoms. The van der Waals surface area contributed by atoms with Crippen molar-refractivity contribution in [3.63, 3.8) is 0 Å². The van der Waals surface area contributed by atoms with E-state index in [-0.39, 0.29) is 5.41 Å². The summed E-state index contributed by atoms with van der Waals surface area (Å²) in [7, 11) is 1.69. The van der Waals surface area contributed by atoms with Crippen LogP contribution in [-0.2, 0) is 24.2 Å². The van der Waals surface area contributed by atoms with Crippen LogP contribution in [-0.4, -0.2) is 13.7 Å². The van der Waals surface area contributed by atoms with Gasteiger partial charge in [-0.15, -0.1) is 0 Å². The monoisotopic (exact) mass is 296 g/mol. The highest BCUT2D eigenvalue weighted by molar-refractivity contribution is 5.37. The van der Waals surface area contributed by atoms with Crippen LogP contribution < -0.4 is 4.74 Å². The number of fused-ring (bicyclic) bond motifs is 1. The van der Waals surface area contributed by atoms with Gasteiger partial charge in [-0.3, -0.25) is 0 Å². The summed E-state index contributed by atoms with van der Waals surface area (Å²) < 4.78 is 11.2. The zero-order valence-corrected chi connectivity index (χ0v) is 13.7. The number of aryl methyl sites for hydroxylation is 1. The first-order chi connectivity index (χ1) is 10.6. The smallest absolute Gasteiger partial charge is 0.118 e. The van der Waals surface area contributed by atoms with Crippen molar-refractivity contribution in [2.75, 3.05) is 13.7 Å². The molecule has 1 atom stereocenters. The minimum Gasteiger partial charge on any atom is -0.497 e. The van der Waals surface area contributed by atoms with Crippen molar-refractivity contribution in [2.45, 2.75) is 33.3 Å². The maximum absolute atomic E-state index is 6.00. The van der Waals surface area contributed by atoms with E-state index in [4.69, 9.17) is 9.47 Å². The summed E-state index contributed by atoms with van der Waals surface area (Å²) in [5.41, 5.74) is 5.75. The standard InChI is InChI=1S/C20H24O2/c1-15-4-7-17-11-20(2,12-18(17)10-15)14-22-13-16-5-8-19(21-3)9-6-16/h4-10H,11-14H2,1-3H3. The summed E-state index contributed by atoms with van der Waals surface area (Å²) in [5, 5.41) is 0. The lowest BCUT2D eigenvalue weighted by Gasteiger charge is -2.23. The molecule has 0 heterocycles. The predicted octanol–water partition coefficient (Wildman–Crippen LogP) is 4.33. The molecule has 0 amide bonds. The first-order valence-corrected chi connectivity index (χ1v) is 7.87. The number of ether oxygens (including phenoxy) is 2. The van der Waals surface area contributed by atoms with E-state index in [2.05, 4.69) is 44.2 Å². The first-order valence-electron chi connectivity index (χ1n) is 7.87. The lowest BCUT2D eigenvalue weighted by molar-refractivity contribution is 0.0473. The normalized spacial score (nSPS) is 20.0. The van der Waals surface area contributed by atoms with Gasteiger partial charge in [0, 0.05) is 0 Å². The van der Waals surface area contributed by atoms with Gasteiger partial charge in [0.25, 0.3) is 0 Å². The molecule has 0 aliphatic heterocycles. The Balaban J connectivity index is 1.55. The molecule has 116 valence electrons. The molecule has 2 nitrogen and oxygen atoms in total. The van der Waals surface area contributed by atoms with Crippen LogP contribution in [0.25, 0.3) is 0 Å². The Morgan fingerprint density at radius 2 is 1.73 bits per heavy atom. The third kappa shape index (κ3) is 3.33. The van der Waals surface area contributed by atoms with Gasteiger partial charge in [0.2, 0.25) is 0 Å². The summed E-state index contributed by atoms with van der Waals surface area (Å²) in [6, 6.07) is 14.9. The molecule has 2 aromatic carbocycles. The number of hydrogen-bond donors (Lipinski definition) is 0. The van der Waals surface area contributed by atoms with Crippen LogP contribution in [0.4, 0.5) is 0 Å². The van der Waals surface area contributed by atoms with E-state index in [0.717, 1.165) is 25.2 Å². The van der Waals surface area contributed by atoms with Crippen molar-refractivity contribution in [2.24, 2.45) is 5.41 Å². The fourth-order valence-corrected chi connectivity index (χ4v) is 3.31. The highest BCUT2D eigenvalue weighted by atomic mass is 16.5. The van der Waals surface area contributed by atoms with Gasteiger partial charge in [0.1, 0.15) is 5.75 Å². The minimum absolute atomic E-state index is 0.225. The van der Waals surface area contributed by atoms with Crippen molar-refractivity contribution in [1.29, 1.82) is 0 Å². The zero-order chi connectivity index (χ0) is 15.6. The van der Waals surface area contributed by atoms with E-state index in [9.17, 15) is 0 Å². The second kappa shape index (κ2) is 6.13. The Kier molecular flexibility index (Phi) is 4.21. The lowest BCUT2D eigenvalue weighted by atomic mass is 9.88. The summed E-state index contributed by atoms with van der Waals surface area (Å²) in [6.45, 7) is 5.95. The van der Waals surface area contributed by atoms with Crippen LogP contribution in [0.3, 0.4) is 0 Å². The highest BCUT2D eigenvalue weighted by Crippen LogP contribution is 2.37. The topological polar surface area (TPSA) is 18.5 Å². The van der Waals surface area contributed by atoms with Crippen molar-refractivity contribution in [1.82, 2.24) is 0 Å². The molecule has 1 unspecified atom stereocenters. The SMILES string of the molecule is COc1ccc(COCC2(C)Cc3ccc(C)cc3C2)cc1. The van der Waals surface area contributed by atoms with Crippen LogP contribution in [0.2, 0.25) is 0 Å². The first kappa shape index (κ1) is 15.1. The Bertz CT molecular complexity index is 645. The Labute approximate surface area is 133 Å². The second-order valence-corrected chi connectivity index (χ2v) is 6.78. The summed E-state index contributed by atoms with van der Waals surface area (Å²) in [4.78, 5) is 0. The van der Waals surface area contributed by atoms with Crippen LogP contribution in [0.15, 0.2) is 42.5 Å². The van der Waals surface area contributed by atoms with E-state index in [1.54, 1.807) is 7.11 Å². The maximum atomic E-state index is 6.00. The van der Waals surface area contributed by atoms with E-state index < -0.39 is 0 Å². The predicted molar refractivity (Wildman–Crippen MR) is 89.3 cm³/mol. The minimum atomic E-state index is 0.225. The number of benzene rings is 2. The summed E-state index contributed by atoms with van der Waals surface area (Å²) >= 11 is 0. The molecule has 2 aromatic rings. The Morgan fingerprint density at radius 1 is 1.00 bits per heavy atom. The van der Waals surface area contributed by atoms with Gasteiger partial charge < -0.3 is 9.47 Å². The molecule has 0 saturated carbocycles. The van der Waals surface area contributed by atoms with Crippen LogP contribution >= 0.6 is 0 Å². The summed E-state index contributed by atoms with van der Waals surface area (Å²) in [6.07, 6.45) is 2.23. The maximum Gasteiger partial charge on any atom is 0.118 e. The largest absolute Gasteiger partial charge is 0.497 e. The van der Waals surface area contributed by atoms with Gasteiger partial charge in [-0.05, 0) is 54.0 Å². The molecule has 1 aliphatic rings. The molecular formula is C20H24O2. The Morgan fingerprint density at radius 3 is 2.45 bits per heavy atom. The molecular weight excluding hydrogens is 272 g/mol. The lowest BCUT2D eigenvalue weighted by Crippen LogP contribution is -2.23.